The average molecular weight is 328 g/mol. The number of aryl methyl sites for hydroxylation is 1. The molecule has 0 aliphatic carbocycles. The zero-order valence-corrected chi connectivity index (χ0v) is 13.5. The van der Waals surface area contributed by atoms with Crippen LogP contribution >= 0.6 is 0 Å². The molecule has 0 saturated carbocycles. The number of hydrogen-bond donors (Lipinski definition) is 0. The Morgan fingerprint density at radius 3 is 2.67 bits per heavy atom. The minimum atomic E-state index is -0.539. The number of benzene rings is 2. The Kier molecular flexibility index (Phi) is 4.51. The van der Waals surface area contributed by atoms with Crippen molar-refractivity contribution in [2.24, 2.45) is 0 Å². The Morgan fingerprint density at radius 1 is 1.21 bits per heavy atom. The van der Waals surface area contributed by atoms with Crippen LogP contribution in [-0.4, -0.2) is 12.6 Å². The van der Waals surface area contributed by atoms with Crippen molar-refractivity contribution in [2.45, 2.75) is 20.5 Å². The first-order chi connectivity index (χ1) is 11.6. The van der Waals surface area contributed by atoms with Gasteiger partial charge in [-0.25, -0.2) is 9.18 Å². The van der Waals surface area contributed by atoms with E-state index >= 15 is 0 Å². The summed E-state index contributed by atoms with van der Waals surface area (Å²) in [6, 6.07) is 12.2. The molecule has 3 rings (SSSR count). The van der Waals surface area contributed by atoms with Gasteiger partial charge < -0.3 is 13.9 Å². The fourth-order valence-electron chi connectivity index (χ4n) is 2.52. The van der Waals surface area contributed by atoms with Gasteiger partial charge in [0.1, 0.15) is 23.5 Å². The van der Waals surface area contributed by atoms with Gasteiger partial charge in [0.05, 0.1) is 6.61 Å². The third-order valence-electron chi connectivity index (χ3n) is 3.64. The normalized spacial score (nSPS) is 10.8. The second-order valence-corrected chi connectivity index (χ2v) is 5.31. The Morgan fingerprint density at radius 2 is 1.96 bits per heavy atom. The molecule has 1 heterocycles. The lowest BCUT2D eigenvalue weighted by Gasteiger charge is -2.08. The smallest absolute Gasteiger partial charge is 0.342 e. The molecule has 5 heteroatoms. The molecule has 0 bridgehead atoms. The van der Waals surface area contributed by atoms with Gasteiger partial charge in [-0.3, -0.25) is 0 Å². The van der Waals surface area contributed by atoms with Gasteiger partial charge in [-0.05, 0) is 25.5 Å². The van der Waals surface area contributed by atoms with Gasteiger partial charge in [0.25, 0.3) is 0 Å². The molecule has 124 valence electrons. The van der Waals surface area contributed by atoms with Gasteiger partial charge in [0, 0.05) is 11.5 Å². The summed E-state index contributed by atoms with van der Waals surface area (Å²) in [6.07, 6.45) is 0. The molecule has 0 N–H and O–H groups in total. The third-order valence-corrected chi connectivity index (χ3v) is 3.64. The summed E-state index contributed by atoms with van der Waals surface area (Å²) >= 11 is 0. The maximum absolute atomic E-state index is 14.2. The Bertz CT molecular complexity index is 868. The van der Waals surface area contributed by atoms with E-state index in [-0.39, 0.29) is 19.0 Å². The quantitative estimate of drug-likeness (QED) is 0.640. The van der Waals surface area contributed by atoms with Crippen LogP contribution < -0.4 is 4.74 Å². The summed E-state index contributed by atoms with van der Waals surface area (Å²) < 4.78 is 30.3. The van der Waals surface area contributed by atoms with Crippen molar-refractivity contribution in [2.75, 3.05) is 6.61 Å². The summed E-state index contributed by atoms with van der Waals surface area (Å²) in [6.45, 7) is 3.86. The molecule has 0 unspecified atom stereocenters. The van der Waals surface area contributed by atoms with Crippen LogP contribution in [0.3, 0.4) is 0 Å². The monoisotopic (exact) mass is 328 g/mol. The number of rotatable bonds is 5. The van der Waals surface area contributed by atoms with Crippen LogP contribution in [0.5, 0.6) is 5.75 Å². The number of carbonyl (C=O) groups is 1. The number of halogens is 1. The highest BCUT2D eigenvalue weighted by atomic mass is 19.1. The van der Waals surface area contributed by atoms with E-state index in [1.54, 1.807) is 13.8 Å². The Hall–Kier alpha value is -2.82. The number of carbonyl (C=O) groups excluding carboxylic acids is 1. The predicted molar refractivity (Wildman–Crippen MR) is 87.6 cm³/mol. The molecule has 1 aromatic heterocycles. The number of fused-ring (bicyclic) bond motifs is 1. The number of esters is 1. The molecule has 0 aliphatic rings. The molecular formula is C19H17FO4. The summed E-state index contributed by atoms with van der Waals surface area (Å²) in [7, 11) is 0. The van der Waals surface area contributed by atoms with E-state index in [1.807, 2.05) is 30.3 Å². The van der Waals surface area contributed by atoms with E-state index in [9.17, 15) is 9.18 Å². The molecule has 2 aromatic carbocycles. The topological polar surface area (TPSA) is 48.7 Å². The zero-order chi connectivity index (χ0) is 17.1. The second-order valence-electron chi connectivity index (χ2n) is 5.31. The van der Waals surface area contributed by atoms with Crippen molar-refractivity contribution in [3.05, 3.63) is 65.2 Å². The van der Waals surface area contributed by atoms with E-state index in [2.05, 4.69) is 0 Å². The van der Waals surface area contributed by atoms with Crippen molar-refractivity contribution < 1.29 is 23.1 Å². The summed E-state index contributed by atoms with van der Waals surface area (Å²) in [5, 5.41) is 0.482. The third kappa shape index (κ3) is 3.11. The molecule has 0 fully saturated rings. The van der Waals surface area contributed by atoms with Gasteiger partial charge in [-0.2, -0.15) is 0 Å². The summed E-state index contributed by atoms with van der Waals surface area (Å²) in [5.41, 5.74) is 1.52. The standard InChI is InChI=1S/C19H17FO4/c1-3-22-19(21)18-12(2)24-16-10-15(20)17(9-14(16)18)23-11-13-7-5-4-6-8-13/h4-10H,3,11H2,1-2H3. The van der Waals surface area contributed by atoms with E-state index in [0.717, 1.165) is 5.56 Å². The van der Waals surface area contributed by atoms with Gasteiger partial charge in [0.2, 0.25) is 0 Å². The first-order valence-electron chi connectivity index (χ1n) is 7.66. The van der Waals surface area contributed by atoms with Gasteiger partial charge in [0.15, 0.2) is 11.6 Å². The first kappa shape index (κ1) is 16.1. The molecule has 24 heavy (non-hydrogen) atoms. The molecular weight excluding hydrogens is 311 g/mol. The number of ether oxygens (including phenoxy) is 2. The maximum atomic E-state index is 14.2. The summed E-state index contributed by atoms with van der Waals surface area (Å²) in [4.78, 5) is 12.1. The van der Waals surface area contributed by atoms with E-state index in [4.69, 9.17) is 13.9 Å². The van der Waals surface area contributed by atoms with Crippen LogP contribution in [0.1, 0.15) is 28.6 Å². The molecule has 0 saturated heterocycles. The highest BCUT2D eigenvalue weighted by Crippen LogP contribution is 2.32. The molecule has 0 aliphatic heterocycles. The minimum absolute atomic E-state index is 0.0673. The van der Waals surface area contributed by atoms with E-state index < -0.39 is 11.8 Å². The van der Waals surface area contributed by atoms with Crippen molar-refractivity contribution in [1.82, 2.24) is 0 Å². The van der Waals surface area contributed by atoms with Crippen molar-refractivity contribution in [1.29, 1.82) is 0 Å². The van der Waals surface area contributed by atoms with Gasteiger partial charge in [-0.15, -0.1) is 0 Å². The lowest BCUT2D eigenvalue weighted by Crippen LogP contribution is -2.05. The highest BCUT2D eigenvalue weighted by molar-refractivity contribution is 6.04. The summed E-state index contributed by atoms with van der Waals surface area (Å²) in [5.74, 6) is -0.572. The SMILES string of the molecule is CCOC(=O)c1c(C)oc2cc(F)c(OCc3ccccc3)cc12. The number of furan rings is 1. The number of hydrogen-bond acceptors (Lipinski definition) is 4. The molecule has 0 amide bonds. The predicted octanol–water partition coefficient (Wildman–Crippen LogP) is 4.64. The highest BCUT2D eigenvalue weighted by Gasteiger charge is 2.21. The maximum Gasteiger partial charge on any atom is 0.342 e. The van der Waals surface area contributed by atoms with Crippen molar-refractivity contribution in [3.63, 3.8) is 0 Å². The van der Waals surface area contributed by atoms with Crippen LogP contribution in [0.15, 0.2) is 46.9 Å². The molecule has 3 aromatic rings. The Labute approximate surface area is 138 Å². The largest absolute Gasteiger partial charge is 0.486 e. The van der Waals surface area contributed by atoms with E-state index in [1.165, 1.54) is 12.1 Å². The van der Waals surface area contributed by atoms with E-state index in [0.29, 0.717) is 22.3 Å². The lowest BCUT2D eigenvalue weighted by molar-refractivity contribution is 0.0526. The van der Waals surface area contributed by atoms with Crippen LogP contribution in [-0.2, 0) is 11.3 Å². The van der Waals surface area contributed by atoms with Crippen LogP contribution in [0, 0.1) is 12.7 Å². The first-order valence-corrected chi connectivity index (χ1v) is 7.66. The minimum Gasteiger partial charge on any atom is -0.486 e. The fourth-order valence-corrected chi connectivity index (χ4v) is 2.52. The van der Waals surface area contributed by atoms with Gasteiger partial charge >= 0.3 is 5.97 Å². The average Bonchev–Trinajstić information content (AvgIpc) is 2.88. The zero-order valence-electron chi connectivity index (χ0n) is 13.5. The van der Waals surface area contributed by atoms with Crippen molar-refractivity contribution >= 4 is 16.9 Å². The molecule has 0 radical (unpaired) electrons. The molecule has 4 nitrogen and oxygen atoms in total. The molecule has 0 atom stereocenters. The Balaban J connectivity index is 1.95. The van der Waals surface area contributed by atoms with Gasteiger partial charge in [-0.1, -0.05) is 30.3 Å². The lowest BCUT2D eigenvalue weighted by atomic mass is 10.1. The molecule has 0 spiro atoms. The fraction of sp³-hybridized carbons (Fsp3) is 0.211. The second kappa shape index (κ2) is 6.74. The van der Waals surface area contributed by atoms with Crippen LogP contribution in [0.4, 0.5) is 4.39 Å². The van der Waals surface area contributed by atoms with Crippen LogP contribution in [0.25, 0.3) is 11.0 Å². The van der Waals surface area contributed by atoms with Crippen molar-refractivity contribution in [3.8, 4) is 5.75 Å². The van der Waals surface area contributed by atoms with Crippen LogP contribution in [0.2, 0.25) is 0 Å².